The van der Waals surface area contributed by atoms with E-state index in [9.17, 15) is 9.59 Å². The lowest BCUT2D eigenvalue weighted by atomic mass is 10.2. The number of amides is 2. The molecule has 0 aliphatic carbocycles. The van der Waals surface area contributed by atoms with Gasteiger partial charge in [-0.1, -0.05) is 6.07 Å². The molecule has 2 aromatic heterocycles. The number of rotatable bonds is 5. The molecule has 0 saturated carbocycles. The van der Waals surface area contributed by atoms with Crippen LogP contribution in [0.2, 0.25) is 0 Å². The molecule has 9 heteroatoms. The molecule has 0 atom stereocenters. The first-order chi connectivity index (χ1) is 13.7. The van der Waals surface area contributed by atoms with Gasteiger partial charge in [0.05, 0.1) is 25.0 Å². The fraction of sp³-hybridized carbons (Fsp3) is 0.211. The highest BCUT2D eigenvalue weighted by atomic mass is 32.2. The highest BCUT2D eigenvalue weighted by Crippen LogP contribution is 2.36. The number of aromatic nitrogens is 2. The second kappa shape index (κ2) is 8.07. The minimum absolute atomic E-state index is 0.329. The summed E-state index contributed by atoms with van der Waals surface area (Å²) in [6.07, 6.45) is 0. The molecule has 0 unspecified atom stereocenters. The third-order valence-corrected chi connectivity index (χ3v) is 6.16. The van der Waals surface area contributed by atoms with Gasteiger partial charge in [-0.3, -0.25) is 9.59 Å². The van der Waals surface area contributed by atoms with Gasteiger partial charge in [0.15, 0.2) is 0 Å². The van der Waals surface area contributed by atoms with Gasteiger partial charge >= 0.3 is 11.8 Å². The third kappa shape index (κ3) is 3.76. The number of fused-ring (bicyclic) bond motifs is 1. The summed E-state index contributed by atoms with van der Waals surface area (Å²) in [5.41, 5.74) is 2.67. The number of benzene rings is 1. The highest BCUT2D eigenvalue weighted by molar-refractivity contribution is 7.98. The number of carbonyl (C=O) groups is 2. The van der Waals surface area contributed by atoms with Crippen LogP contribution in [-0.2, 0) is 27.6 Å². The molecule has 0 radical (unpaired) electrons. The molecule has 1 aromatic carbocycles. The van der Waals surface area contributed by atoms with Gasteiger partial charge < -0.3 is 15.4 Å². The Kier molecular flexibility index (Phi) is 5.36. The van der Waals surface area contributed by atoms with Crippen LogP contribution < -0.4 is 15.4 Å². The van der Waals surface area contributed by atoms with Gasteiger partial charge in [0.25, 0.3) is 0 Å². The van der Waals surface area contributed by atoms with Crippen LogP contribution in [0.1, 0.15) is 16.1 Å². The zero-order valence-electron chi connectivity index (χ0n) is 15.1. The van der Waals surface area contributed by atoms with Crippen LogP contribution >= 0.6 is 23.1 Å². The average Bonchev–Trinajstić information content (AvgIpc) is 3.45. The zero-order chi connectivity index (χ0) is 19.5. The van der Waals surface area contributed by atoms with E-state index in [1.54, 1.807) is 23.6 Å². The number of thiophene rings is 1. The van der Waals surface area contributed by atoms with Crippen molar-refractivity contribution in [2.75, 3.05) is 12.4 Å². The normalized spacial score (nSPS) is 12.5. The standard InChI is InChI=1S/C19H18N4O3S2/c1-26-13-6-4-12(5-7-13)23-17(15-10-27-11-16(15)22-23)21-19(25)18(24)20-9-14-3-2-8-28-14/h2-8H,9-11H2,1H3,(H,20,24)(H,21,25). The van der Waals surface area contributed by atoms with Gasteiger partial charge in [0.1, 0.15) is 11.6 Å². The molecular weight excluding hydrogens is 396 g/mol. The maximum atomic E-state index is 12.5. The molecular formula is C19H18N4O3S2. The maximum absolute atomic E-state index is 12.5. The van der Waals surface area contributed by atoms with Crippen LogP contribution in [0, 0.1) is 0 Å². The Bertz CT molecular complexity index is 997. The minimum atomic E-state index is -0.703. The van der Waals surface area contributed by atoms with Crippen molar-refractivity contribution in [2.24, 2.45) is 0 Å². The van der Waals surface area contributed by atoms with Crippen molar-refractivity contribution >= 4 is 40.7 Å². The highest BCUT2D eigenvalue weighted by Gasteiger charge is 2.26. The molecule has 3 heterocycles. The van der Waals surface area contributed by atoms with Crippen molar-refractivity contribution in [3.05, 3.63) is 57.9 Å². The van der Waals surface area contributed by atoms with Crippen LogP contribution in [0.15, 0.2) is 41.8 Å². The summed E-state index contributed by atoms with van der Waals surface area (Å²) in [5, 5.41) is 12.0. The van der Waals surface area contributed by atoms with E-state index in [0.29, 0.717) is 12.4 Å². The molecule has 4 rings (SSSR count). The lowest BCUT2D eigenvalue weighted by Gasteiger charge is -2.11. The quantitative estimate of drug-likeness (QED) is 0.627. The number of carbonyl (C=O) groups excluding carboxylic acids is 2. The summed E-state index contributed by atoms with van der Waals surface area (Å²) < 4.78 is 6.87. The van der Waals surface area contributed by atoms with Gasteiger partial charge in [0.2, 0.25) is 0 Å². The summed E-state index contributed by atoms with van der Waals surface area (Å²) in [4.78, 5) is 25.7. The molecule has 7 nitrogen and oxygen atoms in total. The second-order valence-electron chi connectivity index (χ2n) is 6.09. The van der Waals surface area contributed by atoms with E-state index in [1.165, 1.54) is 11.3 Å². The van der Waals surface area contributed by atoms with E-state index in [2.05, 4.69) is 15.7 Å². The molecule has 0 fully saturated rings. The van der Waals surface area contributed by atoms with E-state index >= 15 is 0 Å². The Balaban J connectivity index is 1.54. The van der Waals surface area contributed by atoms with Crippen LogP contribution in [0.4, 0.5) is 5.82 Å². The Morgan fingerprint density at radius 3 is 2.71 bits per heavy atom. The summed E-state index contributed by atoms with van der Waals surface area (Å²) in [6, 6.07) is 11.2. The number of nitrogens with one attached hydrogen (secondary N) is 2. The third-order valence-electron chi connectivity index (χ3n) is 4.31. The van der Waals surface area contributed by atoms with E-state index in [-0.39, 0.29) is 0 Å². The Morgan fingerprint density at radius 2 is 2.00 bits per heavy atom. The molecule has 1 aliphatic heterocycles. The Morgan fingerprint density at radius 1 is 1.18 bits per heavy atom. The van der Waals surface area contributed by atoms with Crippen molar-refractivity contribution in [1.29, 1.82) is 0 Å². The van der Waals surface area contributed by atoms with Crippen LogP contribution in [0.5, 0.6) is 5.75 Å². The minimum Gasteiger partial charge on any atom is -0.497 e. The fourth-order valence-corrected chi connectivity index (χ4v) is 4.56. The van der Waals surface area contributed by atoms with Crippen molar-refractivity contribution in [3.8, 4) is 11.4 Å². The van der Waals surface area contributed by atoms with Gasteiger partial charge in [-0.15, -0.1) is 11.3 Å². The SMILES string of the molecule is COc1ccc(-n2nc3c(c2NC(=O)C(=O)NCc2cccs2)CSC3)cc1. The van der Waals surface area contributed by atoms with Crippen molar-refractivity contribution < 1.29 is 14.3 Å². The molecule has 28 heavy (non-hydrogen) atoms. The summed E-state index contributed by atoms with van der Waals surface area (Å²) >= 11 is 3.26. The van der Waals surface area contributed by atoms with Gasteiger partial charge in [0, 0.05) is 21.9 Å². The number of thioether (sulfide) groups is 1. The lowest BCUT2D eigenvalue weighted by Crippen LogP contribution is -2.35. The molecule has 0 saturated heterocycles. The summed E-state index contributed by atoms with van der Waals surface area (Å²) in [7, 11) is 1.61. The Labute approximate surface area is 170 Å². The smallest absolute Gasteiger partial charge is 0.314 e. The number of hydrogen-bond acceptors (Lipinski definition) is 6. The first-order valence-electron chi connectivity index (χ1n) is 8.60. The molecule has 0 bridgehead atoms. The zero-order valence-corrected chi connectivity index (χ0v) is 16.7. The predicted octanol–water partition coefficient (Wildman–Crippen LogP) is 2.94. The Hall–Kier alpha value is -2.78. The number of ether oxygens (including phenoxy) is 1. The first kappa shape index (κ1) is 18.6. The lowest BCUT2D eigenvalue weighted by molar-refractivity contribution is -0.136. The van der Waals surface area contributed by atoms with Crippen molar-refractivity contribution in [3.63, 3.8) is 0 Å². The van der Waals surface area contributed by atoms with Gasteiger partial charge in [-0.05, 0) is 35.7 Å². The van der Waals surface area contributed by atoms with E-state index in [0.717, 1.165) is 39.1 Å². The van der Waals surface area contributed by atoms with Gasteiger partial charge in [-0.25, -0.2) is 4.68 Å². The molecule has 1 aliphatic rings. The molecule has 2 amide bonds. The van der Waals surface area contributed by atoms with Crippen LogP contribution in [0.3, 0.4) is 0 Å². The van der Waals surface area contributed by atoms with E-state index in [4.69, 9.17) is 4.74 Å². The number of anilines is 1. The fourth-order valence-electron chi connectivity index (χ4n) is 2.88. The van der Waals surface area contributed by atoms with Crippen LogP contribution in [-0.4, -0.2) is 28.7 Å². The van der Waals surface area contributed by atoms with E-state index in [1.807, 2.05) is 41.8 Å². The summed E-state index contributed by atoms with van der Waals surface area (Å²) in [6.45, 7) is 0.329. The average molecular weight is 415 g/mol. The molecule has 3 aromatic rings. The molecule has 2 N–H and O–H groups in total. The first-order valence-corrected chi connectivity index (χ1v) is 10.6. The van der Waals surface area contributed by atoms with Crippen molar-refractivity contribution in [2.45, 2.75) is 18.1 Å². The second-order valence-corrected chi connectivity index (χ2v) is 8.11. The van der Waals surface area contributed by atoms with Crippen molar-refractivity contribution in [1.82, 2.24) is 15.1 Å². The monoisotopic (exact) mass is 414 g/mol. The van der Waals surface area contributed by atoms with Gasteiger partial charge in [-0.2, -0.15) is 16.9 Å². The predicted molar refractivity (Wildman–Crippen MR) is 110 cm³/mol. The maximum Gasteiger partial charge on any atom is 0.314 e. The summed E-state index contributed by atoms with van der Waals surface area (Å²) in [5.74, 6) is 1.43. The largest absolute Gasteiger partial charge is 0.497 e. The molecule has 0 spiro atoms. The van der Waals surface area contributed by atoms with E-state index < -0.39 is 11.8 Å². The molecule has 144 valence electrons. The number of hydrogen-bond donors (Lipinski definition) is 2. The topological polar surface area (TPSA) is 85.2 Å². The number of methoxy groups -OCH3 is 1. The number of nitrogens with zero attached hydrogens (tertiary/aromatic N) is 2. The van der Waals surface area contributed by atoms with Crippen LogP contribution in [0.25, 0.3) is 5.69 Å².